The van der Waals surface area contributed by atoms with Crippen LogP contribution in [0.15, 0.2) is 71.7 Å². The van der Waals surface area contributed by atoms with Crippen LogP contribution in [0, 0.1) is 0 Å². The monoisotopic (exact) mass is 450 g/mol. The number of rotatable bonds is 5. The first-order valence-corrected chi connectivity index (χ1v) is 9.70. The Morgan fingerprint density at radius 3 is 1.72 bits per heavy atom. The van der Waals surface area contributed by atoms with Gasteiger partial charge in [-0.2, -0.15) is 0 Å². The molecule has 0 saturated heterocycles. The maximum Gasteiger partial charge on any atom is 0.308 e. The van der Waals surface area contributed by atoms with E-state index in [-0.39, 0.29) is 11.9 Å². The normalized spacial score (nSPS) is 10.3. The SMILES string of the molecule is C=Cc1cc(-c2ccc(OC(C)=O)cc2)cc(-c2ccc(OC(C)=O)cc2)c1Br. The Kier molecular flexibility index (Phi) is 6.29. The molecule has 0 atom stereocenters. The van der Waals surface area contributed by atoms with Crippen LogP contribution >= 0.6 is 15.9 Å². The van der Waals surface area contributed by atoms with Gasteiger partial charge in [-0.05, 0) is 80.1 Å². The van der Waals surface area contributed by atoms with E-state index in [0.717, 1.165) is 32.3 Å². The van der Waals surface area contributed by atoms with Gasteiger partial charge in [0.1, 0.15) is 11.5 Å². The van der Waals surface area contributed by atoms with Crippen LogP contribution in [0.1, 0.15) is 19.4 Å². The number of hydrogen-bond donors (Lipinski definition) is 0. The summed E-state index contributed by atoms with van der Waals surface area (Å²) in [4.78, 5) is 22.2. The Balaban J connectivity index is 2.01. The predicted molar refractivity (Wildman–Crippen MR) is 118 cm³/mol. The lowest BCUT2D eigenvalue weighted by Gasteiger charge is -2.13. The summed E-state index contributed by atoms with van der Waals surface area (Å²) in [5.41, 5.74) is 4.88. The summed E-state index contributed by atoms with van der Waals surface area (Å²) in [6, 6.07) is 18.8. The van der Waals surface area contributed by atoms with Gasteiger partial charge >= 0.3 is 11.9 Å². The molecule has 0 aliphatic rings. The average Bonchev–Trinajstić information content (AvgIpc) is 2.69. The topological polar surface area (TPSA) is 52.6 Å². The summed E-state index contributed by atoms with van der Waals surface area (Å²) in [6.07, 6.45) is 1.79. The molecule has 3 aromatic carbocycles. The molecule has 146 valence electrons. The summed E-state index contributed by atoms with van der Waals surface area (Å²) in [5.74, 6) is 0.295. The number of ether oxygens (including phenoxy) is 2. The molecule has 0 fully saturated rings. The molecule has 3 aromatic rings. The van der Waals surface area contributed by atoms with E-state index >= 15 is 0 Å². The van der Waals surface area contributed by atoms with Gasteiger partial charge in [0.25, 0.3) is 0 Å². The molecule has 0 radical (unpaired) electrons. The van der Waals surface area contributed by atoms with E-state index in [1.165, 1.54) is 13.8 Å². The molecule has 0 unspecified atom stereocenters. The van der Waals surface area contributed by atoms with Crippen molar-refractivity contribution in [3.63, 3.8) is 0 Å². The van der Waals surface area contributed by atoms with E-state index in [2.05, 4.69) is 28.6 Å². The Morgan fingerprint density at radius 2 is 1.28 bits per heavy atom. The number of halogens is 1. The van der Waals surface area contributed by atoms with E-state index in [0.29, 0.717) is 11.5 Å². The van der Waals surface area contributed by atoms with Crippen molar-refractivity contribution in [2.45, 2.75) is 13.8 Å². The van der Waals surface area contributed by atoms with Crippen molar-refractivity contribution in [2.75, 3.05) is 0 Å². The van der Waals surface area contributed by atoms with Crippen molar-refractivity contribution < 1.29 is 19.1 Å². The maximum absolute atomic E-state index is 11.1. The molecule has 0 bridgehead atoms. The maximum atomic E-state index is 11.1. The third-order valence-electron chi connectivity index (χ3n) is 4.20. The molecular formula is C24H19BrO4. The summed E-state index contributed by atoms with van der Waals surface area (Å²) in [5, 5.41) is 0. The zero-order chi connectivity index (χ0) is 21.0. The van der Waals surface area contributed by atoms with E-state index in [1.54, 1.807) is 30.3 Å². The molecule has 29 heavy (non-hydrogen) atoms. The quantitative estimate of drug-likeness (QED) is 0.339. The smallest absolute Gasteiger partial charge is 0.308 e. The van der Waals surface area contributed by atoms with Crippen LogP contribution in [0.4, 0.5) is 0 Å². The van der Waals surface area contributed by atoms with Gasteiger partial charge in [0.15, 0.2) is 0 Å². The van der Waals surface area contributed by atoms with Crippen LogP contribution < -0.4 is 9.47 Å². The number of benzene rings is 3. The van der Waals surface area contributed by atoms with Crippen LogP contribution in [0.25, 0.3) is 28.3 Å². The first-order valence-electron chi connectivity index (χ1n) is 8.91. The largest absolute Gasteiger partial charge is 0.427 e. The van der Waals surface area contributed by atoms with Gasteiger partial charge in [0.05, 0.1) is 0 Å². The van der Waals surface area contributed by atoms with Crippen molar-refractivity contribution in [1.82, 2.24) is 0 Å². The number of carbonyl (C=O) groups is 2. The fourth-order valence-electron chi connectivity index (χ4n) is 2.92. The molecule has 0 spiro atoms. The zero-order valence-electron chi connectivity index (χ0n) is 16.1. The van der Waals surface area contributed by atoms with Crippen LogP contribution in [-0.4, -0.2) is 11.9 Å². The van der Waals surface area contributed by atoms with Crippen LogP contribution in [0.3, 0.4) is 0 Å². The second-order valence-corrected chi connectivity index (χ2v) is 7.16. The minimum absolute atomic E-state index is 0.352. The van der Waals surface area contributed by atoms with Gasteiger partial charge in [0, 0.05) is 18.3 Å². The fourth-order valence-corrected chi connectivity index (χ4v) is 3.54. The molecule has 0 N–H and O–H groups in total. The minimum Gasteiger partial charge on any atom is -0.427 e. The Labute approximate surface area is 177 Å². The molecule has 0 aliphatic carbocycles. The highest BCUT2D eigenvalue weighted by Crippen LogP contribution is 2.37. The minimum atomic E-state index is -0.355. The van der Waals surface area contributed by atoms with Crippen LogP contribution in [0.2, 0.25) is 0 Å². The van der Waals surface area contributed by atoms with Gasteiger partial charge in [-0.3, -0.25) is 9.59 Å². The summed E-state index contributed by atoms with van der Waals surface area (Å²) >= 11 is 3.67. The molecular weight excluding hydrogens is 432 g/mol. The molecule has 0 aliphatic heterocycles. The summed E-state index contributed by atoms with van der Waals surface area (Å²) in [6.45, 7) is 6.66. The molecule has 0 heterocycles. The Bertz CT molecular complexity index is 1070. The number of hydrogen-bond acceptors (Lipinski definition) is 4. The third kappa shape index (κ3) is 5.00. The molecule has 0 aromatic heterocycles. The fraction of sp³-hybridized carbons (Fsp3) is 0.0833. The van der Waals surface area contributed by atoms with Crippen molar-refractivity contribution in [3.05, 3.63) is 77.3 Å². The highest BCUT2D eigenvalue weighted by molar-refractivity contribution is 9.10. The van der Waals surface area contributed by atoms with Crippen molar-refractivity contribution in [1.29, 1.82) is 0 Å². The third-order valence-corrected chi connectivity index (χ3v) is 5.08. The second-order valence-electron chi connectivity index (χ2n) is 6.37. The van der Waals surface area contributed by atoms with Gasteiger partial charge < -0.3 is 9.47 Å². The lowest BCUT2D eigenvalue weighted by Crippen LogP contribution is -2.01. The first kappa shape index (κ1) is 20.6. The lowest BCUT2D eigenvalue weighted by atomic mass is 9.96. The highest BCUT2D eigenvalue weighted by atomic mass is 79.9. The van der Waals surface area contributed by atoms with Gasteiger partial charge in [-0.25, -0.2) is 0 Å². The van der Waals surface area contributed by atoms with Crippen molar-refractivity contribution in [3.8, 4) is 33.8 Å². The second kappa shape index (κ2) is 8.88. The lowest BCUT2D eigenvalue weighted by molar-refractivity contribution is -0.132. The van der Waals surface area contributed by atoms with Gasteiger partial charge in [-0.1, -0.05) is 36.9 Å². The molecule has 5 heteroatoms. The van der Waals surface area contributed by atoms with Gasteiger partial charge in [0.2, 0.25) is 0 Å². The molecule has 0 saturated carbocycles. The standard InChI is InChI=1S/C24H19BrO4/c1-4-17-13-20(18-5-9-21(10-6-18)28-15(2)26)14-23(24(17)25)19-7-11-22(12-8-19)29-16(3)27/h4-14H,1H2,2-3H3. The predicted octanol–water partition coefficient (Wildman–Crippen LogP) is 6.28. The van der Waals surface area contributed by atoms with Crippen molar-refractivity contribution in [2.24, 2.45) is 0 Å². The summed E-state index contributed by atoms with van der Waals surface area (Å²) in [7, 11) is 0. The van der Waals surface area contributed by atoms with Crippen molar-refractivity contribution >= 4 is 33.9 Å². The van der Waals surface area contributed by atoms with Crippen LogP contribution in [-0.2, 0) is 9.59 Å². The molecule has 4 nitrogen and oxygen atoms in total. The number of carbonyl (C=O) groups excluding carboxylic acids is 2. The molecule has 3 rings (SSSR count). The first-order chi connectivity index (χ1) is 13.9. The van der Waals surface area contributed by atoms with Crippen LogP contribution in [0.5, 0.6) is 11.5 Å². The Morgan fingerprint density at radius 1 is 0.793 bits per heavy atom. The summed E-state index contributed by atoms with van der Waals surface area (Å²) < 4.78 is 11.1. The zero-order valence-corrected chi connectivity index (χ0v) is 17.7. The molecule has 0 amide bonds. The van der Waals surface area contributed by atoms with Gasteiger partial charge in [-0.15, -0.1) is 0 Å². The van der Waals surface area contributed by atoms with E-state index in [9.17, 15) is 9.59 Å². The Hall–Kier alpha value is -3.18. The highest BCUT2D eigenvalue weighted by Gasteiger charge is 2.11. The van der Waals surface area contributed by atoms with E-state index < -0.39 is 0 Å². The number of esters is 2. The van der Waals surface area contributed by atoms with E-state index in [4.69, 9.17) is 9.47 Å². The average molecular weight is 451 g/mol. The van der Waals surface area contributed by atoms with E-state index in [1.807, 2.05) is 30.3 Å².